The molecule has 18 heavy (non-hydrogen) atoms. The second kappa shape index (κ2) is 6.91. The van der Waals surface area contributed by atoms with E-state index < -0.39 is 0 Å². The molecule has 2 unspecified atom stereocenters. The van der Waals surface area contributed by atoms with E-state index in [0.29, 0.717) is 0 Å². The molecular weight excluding hydrogens is 220 g/mol. The highest BCUT2D eigenvalue weighted by atomic mass is 15.2. The molecule has 2 fully saturated rings. The summed E-state index contributed by atoms with van der Waals surface area (Å²) in [5.74, 6) is 1.87. The van der Waals surface area contributed by atoms with Crippen molar-refractivity contribution in [3.05, 3.63) is 0 Å². The van der Waals surface area contributed by atoms with E-state index in [-0.39, 0.29) is 0 Å². The van der Waals surface area contributed by atoms with Crippen molar-refractivity contribution >= 4 is 0 Å². The molecule has 0 spiro atoms. The summed E-state index contributed by atoms with van der Waals surface area (Å²) in [7, 11) is 0. The molecule has 0 amide bonds. The van der Waals surface area contributed by atoms with Crippen LogP contribution in [0.4, 0.5) is 0 Å². The molecular formula is C16H32N2. The lowest BCUT2D eigenvalue weighted by molar-refractivity contribution is 0.170. The van der Waals surface area contributed by atoms with Gasteiger partial charge < -0.3 is 5.32 Å². The Bertz CT molecular complexity index is 229. The van der Waals surface area contributed by atoms with Crippen LogP contribution in [-0.4, -0.2) is 36.6 Å². The lowest BCUT2D eigenvalue weighted by Crippen LogP contribution is -2.43. The third kappa shape index (κ3) is 4.89. The molecule has 1 saturated heterocycles. The van der Waals surface area contributed by atoms with Gasteiger partial charge in [0, 0.05) is 25.2 Å². The van der Waals surface area contributed by atoms with E-state index in [9.17, 15) is 0 Å². The van der Waals surface area contributed by atoms with Crippen LogP contribution < -0.4 is 5.32 Å². The molecule has 1 N–H and O–H groups in total. The van der Waals surface area contributed by atoms with Crippen LogP contribution in [0, 0.1) is 11.8 Å². The summed E-state index contributed by atoms with van der Waals surface area (Å²) >= 11 is 0. The molecule has 0 radical (unpaired) electrons. The summed E-state index contributed by atoms with van der Waals surface area (Å²) in [6.07, 6.45) is 8.47. The van der Waals surface area contributed by atoms with Gasteiger partial charge in [0.25, 0.3) is 0 Å². The van der Waals surface area contributed by atoms with Crippen molar-refractivity contribution in [1.82, 2.24) is 10.2 Å². The quantitative estimate of drug-likeness (QED) is 0.713. The lowest BCUT2D eigenvalue weighted by atomic mass is 10.0. The summed E-state index contributed by atoms with van der Waals surface area (Å²) in [6, 6.07) is 1.54. The summed E-state index contributed by atoms with van der Waals surface area (Å²) in [6.45, 7) is 11.0. The first-order valence-electron chi connectivity index (χ1n) is 8.12. The Kier molecular flexibility index (Phi) is 5.50. The highest BCUT2D eigenvalue weighted by Crippen LogP contribution is 2.31. The molecule has 1 aliphatic heterocycles. The maximum Gasteiger partial charge on any atom is 0.0195 e. The predicted molar refractivity (Wildman–Crippen MR) is 78.9 cm³/mol. The van der Waals surface area contributed by atoms with E-state index in [2.05, 4.69) is 31.0 Å². The van der Waals surface area contributed by atoms with Gasteiger partial charge >= 0.3 is 0 Å². The highest BCUT2D eigenvalue weighted by molar-refractivity contribution is 4.84. The van der Waals surface area contributed by atoms with Gasteiger partial charge in [-0.25, -0.2) is 0 Å². The summed E-state index contributed by atoms with van der Waals surface area (Å²) in [5, 5.41) is 3.66. The molecule has 0 bridgehead atoms. The molecule has 2 atom stereocenters. The fraction of sp³-hybridized carbons (Fsp3) is 1.00. The van der Waals surface area contributed by atoms with Crippen LogP contribution >= 0.6 is 0 Å². The Balaban J connectivity index is 1.77. The van der Waals surface area contributed by atoms with E-state index in [1.165, 1.54) is 58.2 Å². The Morgan fingerprint density at radius 3 is 2.39 bits per heavy atom. The van der Waals surface area contributed by atoms with E-state index in [4.69, 9.17) is 0 Å². The Morgan fingerprint density at radius 2 is 1.83 bits per heavy atom. The Hall–Kier alpha value is -0.0800. The fourth-order valence-electron chi connectivity index (χ4n) is 3.02. The Morgan fingerprint density at radius 1 is 1.06 bits per heavy atom. The lowest BCUT2D eigenvalue weighted by Gasteiger charge is -2.32. The minimum atomic E-state index is 0.769. The largest absolute Gasteiger partial charge is 0.313 e. The molecule has 1 aliphatic carbocycles. The van der Waals surface area contributed by atoms with E-state index in [0.717, 1.165) is 23.9 Å². The molecule has 0 aromatic carbocycles. The second-order valence-electron chi connectivity index (χ2n) is 7.01. The van der Waals surface area contributed by atoms with Crippen molar-refractivity contribution in [1.29, 1.82) is 0 Å². The standard InChI is InChI=1S/C16H32N2/c1-13(2)6-7-14(3)18(11-15-8-9-15)12-16-5-4-10-17-16/h13-17H,4-12H2,1-3H3. The summed E-state index contributed by atoms with van der Waals surface area (Å²) in [5.41, 5.74) is 0. The van der Waals surface area contributed by atoms with Crippen LogP contribution in [-0.2, 0) is 0 Å². The third-order valence-electron chi connectivity index (χ3n) is 4.59. The molecule has 2 nitrogen and oxygen atoms in total. The average Bonchev–Trinajstić information content (AvgIpc) is 2.99. The van der Waals surface area contributed by atoms with Gasteiger partial charge in [0.2, 0.25) is 0 Å². The van der Waals surface area contributed by atoms with Crippen LogP contribution in [0.3, 0.4) is 0 Å². The van der Waals surface area contributed by atoms with E-state index in [1.54, 1.807) is 0 Å². The van der Waals surface area contributed by atoms with Gasteiger partial charge in [-0.05, 0) is 63.8 Å². The minimum absolute atomic E-state index is 0.769. The molecule has 2 heteroatoms. The van der Waals surface area contributed by atoms with Crippen LogP contribution in [0.1, 0.15) is 59.3 Å². The van der Waals surface area contributed by atoms with Crippen molar-refractivity contribution in [2.24, 2.45) is 11.8 Å². The van der Waals surface area contributed by atoms with E-state index >= 15 is 0 Å². The smallest absolute Gasteiger partial charge is 0.0195 e. The SMILES string of the molecule is CC(C)CCC(C)N(CC1CC1)CC1CCCN1. The van der Waals surface area contributed by atoms with Crippen LogP contribution in [0.15, 0.2) is 0 Å². The molecule has 0 aromatic rings. The number of nitrogens with zero attached hydrogens (tertiary/aromatic N) is 1. The fourth-order valence-corrected chi connectivity index (χ4v) is 3.02. The van der Waals surface area contributed by atoms with Crippen molar-refractivity contribution < 1.29 is 0 Å². The van der Waals surface area contributed by atoms with Crippen LogP contribution in [0.25, 0.3) is 0 Å². The number of hydrogen-bond acceptors (Lipinski definition) is 2. The monoisotopic (exact) mass is 252 g/mol. The van der Waals surface area contributed by atoms with Gasteiger partial charge in [-0.15, -0.1) is 0 Å². The minimum Gasteiger partial charge on any atom is -0.313 e. The third-order valence-corrected chi connectivity index (χ3v) is 4.59. The maximum atomic E-state index is 3.66. The maximum absolute atomic E-state index is 3.66. The van der Waals surface area contributed by atoms with Gasteiger partial charge in [-0.2, -0.15) is 0 Å². The predicted octanol–water partition coefficient (Wildman–Crippen LogP) is 3.28. The first kappa shape index (κ1) is 14.3. The molecule has 2 rings (SSSR count). The van der Waals surface area contributed by atoms with Crippen molar-refractivity contribution in [3.8, 4) is 0 Å². The van der Waals surface area contributed by atoms with Gasteiger partial charge in [0.1, 0.15) is 0 Å². The molecule has 1 heterocycles. The van der Waals surface area contributed by atoms with Gasteiger partial charge in [-0.3, -0.25) is 4.90 Å². The topological polar surface area (TPSA) is 15.3 Å². The van der Waals surface area contributed by atoms with Crippen molar-refractivity contribution in [3.63, 3.8) is 0 Å². The van der Waals surface area contributed by atoms with Gasteiger partial charge in [0.05, 0.1) is 0 Å². The molecule has 0 aromatic heterocycles. The Labute approximate surface area is 114 Å². The zero-order chi connectivity index (χ0) is 13.0. The summed E-state index contributed by atoms with van der Waals surface area (Å²) in [4.78, 5) is 2.78. The zero-order valence-electron chi connectivity index (χ0n) is 12.6. The number of nitrogens with one attached hydrogen (secondary N) is 1. The molecule has 1 saturated carbocycles. The first-order chi connectivity index (χ1) is 8.65. The van der Waals surface area contributed by atoms with Gasteiger partial charge in [0.15, 0.2) is 0 Å². The number of rotatable bonds is 8. The first-order valence-corrected chi connectivity index (χ1v) is 8.12. The summed E-state index contributed by atoms with van der Waals surface area (Å²) < 4.78 is 0. The molecule has 106 valence electrons. The number of hydrogen-bond donors (Lipinski definition) is 1. The second-order valence-corrected chi connectivity index (χ2v) is 7.01. The van der Waals surface area contributed by atoms with Crippen LogP contribution in [0.5, 0.6) is 0 Å². The van der Waals surface area contributed by atoms with Gasteiger partial charge in [-0.1, -0.05) is 13.8 Å². The average molecular weight is 252 g/mol. The van der Waals surface area contributed by atoms with Crippen LogP contribution in [0.2, 0.25) is 0 Å². The molecule has 2 aliphatic rings. The zero-order valence-corrected chi connectivity index (χ0v) is 12.6. The normalized spacial score (nSPS) is 26.2. The van der Waals surface area contributed by atoms with E-state index in [1.807, 2.05) is 0 Å². The highest BCUT2D eigenvalue weighted by Gasteiger charge is 2.28. The van der Waals surface area contributed by atoms with Crippen molar-refractivity contribution in [2.45, 2.75) is 71.4 Å². The van der Waals surface area contributed by atoms with Crippen molar-refractivity contribution in [2.75, 3.05) is 19.6 Å².